The lowest BCUT2D eigenvalue weighted by atomic mass is 9.84. The molecule has 1 atom stereocenters. The molecule has 0 radical (unpaired) electrons. The van der Waals surface area contributed by atoms with E-state index < -0.39 is 17.5 Å². The van der Waals surface area contributed by atoms with Crippen molar-refractivity contribution >= 4 is 17.7 Å². The molecule has 9 nitrogen and oxygen atoms in total. The number of fused-ring (bicyclic) bond motifs is 3. The van der Waals surface area contributed by atoms with Gasteiger partial charge in [-0.15, -0.1) is 0 Å². The lowest BCUT2D eigenvalue weighted by Gasteiger charge is -2.33. The number of hydrogen-bond acceptors (Lipinski definition) is 6. The minimum Gasteiger partial charge on any atom is -0.493 e. The van der Waals surface area contributed by atoms with Crippen LogP contribution in [0.25, 0.3) is 0 Å². The van der Waals surface area contributed by atoms with Crippen LogP contribution in [-0.2, 0) is 16.9 Å². The van der Waals surface area contributed by atoms with Crippen molar-refractivity contribution in [3.63, 3.8) is 0 Å². The number of benzene rings is 2. The van der Waals surface area contributed by atoms with Gasteiger partial charge < -0.3 is 24.1 Å². The van der Waals surface area contributed by atoms with Crippen LogP contribution < -0.4 is 19.5 Å². The maximum absolute atomic E-state index is 13.5. The van der Waals surface area contributed by atoms with E-state index in [0.29, 0.717) is 47.9 Å². The average molecular weight is 488 g/mol. The van der Waals surface area contributed by atoms with Gasteiger partial charge in [-0.25, -0.2) is 4.79 Å². The molecule has 1 N–H and O–H groups in total. The minimum atomic E-state index is -1.21. The fourth-order valence-corrected chi connectivity index (χ4v) is 5.29. The molecule has 1 spiro atoms. The standard InChI is InChI=1S/C27H25N3O6/c1-16-11-19(17(2)29(16)13-18-7-8-23-24(12-18)36-15-35-23)21(31)14-30-25(32)27(28-26(30)33)9-10-34-22-6-4-3-5-20(22)27/h3-8,11-12H,9-10,13-15H2,1-2H3,(H,28,33). The molecule has 6 rings (SSSR count). The van der Waals surface area contributed by atoms with Crippen molar-refractivity contribution in [3.05, 3.63) is 76.6 Å². The van der Waals surface area contributed by atoms with Crippen molar-refractivity contribution in [1.29, 1.82) is 0 Å². The monoisotopic (exact) mass is 487 g/mol. The maximum atomic E-state index is 13.5. The van der Waals surface area contributed by atoms with Crippen LogP contribution >= 0.6 is 0 Å². The van der Waals surface area contributed by atoms with E-state index >= 15 is 0 Å². The molecule has 9 heteroatoms. The molecule has 3 amide bonds. The Hall–Kier alpha value is -4.27. The normalized spacial score (nSPS) is 19.9. The number of carbonyl (C=O) groups is 3. The molecule has 184 valence electrons. The first-order valence-electron chi connectivity index (χ1n) is 11.8. The van der Waals surface area contributed by atoms with Crippen LogP contribution in [0.1, 0.15) is 39.3 Å². The van der Waals surface area contributed by atoms with Gasteiger partial charge in [0.2, 0.25) is 6.79 Å². The van der Waals surface area contributed by atoms with Crippen LogP contribution in [0.5, 0.6) is 17.2 Å². The van der Waals surface area contributed by atoms with Crippen LogP contribution in [0.15, 0.2) is 48.5 Å². The summed E-state index contributed by atoms with van der Waals surface area (Å²) >= 11 is 0. The lowest BCUT2D eigenvalue weighted by molar-refractivity contribution is -0.132. The van der Waals surface area contributed by atoms with E-state index in [0.717, 1.165) is 21.9 Å². The summed E-state index contributed by atoms with van der Waals surface area (Å²) in [6.07, 6.45) is 0.309. The summed E-state index contributed by atoms with van der Waals surface area (Å²) in [5, 5.41) is 2.84. The van der Waals surface area contributed by atoms with E-state index in [4.69, 9.17) is 14.2 Å². The molecule has 3 aliphatic heterocycles. The number of ketones is 1. The van der Waals surface area contributed by atoms with E-state index in [1.807, 2.05) is 48.7 Å². The quantitative estimate of drug-likeness (QED) is 0.438. The van der Waals surface area contributed by atoms with E-state index in [1.54, 1.807) is 18.2 Å². The molecular weight excluding hydrogens is 462 g/mol. The highest BCUT2D eigenvalue weighted by Gasteiger charge is 2.55. The molecule has 2 aromatic carbocycles. The molecule has 1 fully saturated rings. The van der Waals surface area contributed by atoms with E-state index in [9.17, 15) is 14.4 Å². The number of urea groups is 1. The largest absolute Gasteiger partial charge is 0.493 e. The van der Waals surface area contributed by atoms with Crippen LogP contribution in [0.4, 0.5) is 4.79 Å². The second kappa shape index (κ2) is 8.15. The van der Waals surface area contributed by atoms with Crippen LogP contribution in [0.3, 0.4) is 0 Å². The van der Waals surface area contributed by atoms with Crippen molar-refractivity contribution in [2.45, 2.75) is 32.4 Å². The molecule has 0 bridgehead atoms. The Morgan fingerprint density at radius 3 is 2.67 bits per heavy atom. The van der Waals surface area contributed by atoms with E-state index in [-0.39, 0.29) is 19.1 Å². The van der Waals surface area contributed by atoms with Crippen molar-refractivity contribution in [2.24, 2.45) is 0 Å². The number of ether oxygens (including phenoxy) is 3. The first-order chi connectivity index (χ1) is 17.4. The highest BCUT2D eigenvalue weighted by molar-refractivity contribution is 6.12. The summed E-state index contributed by atoms with van der Waals surface area (Å²) in [5.41, 5.74) is 2.58. The number of para-hydroxylation sites is 1. The van der Waals surface area contributed by atoms with Crippen molar-refractivity contribution in [1.82, 2.24) is 14.8 Å². The topological polar surface area (TPSA) is 99.1 Å². The second-order valence-electron chi connectivity index (χ2n) is 9.30. The summed E-state index contributed by atoms with van der Waals surface area (Å²) in [6, 6.07) is 14.2. The Morgan fingerprint density at radius 2 is 1.81 bits per heavy atom. The van der Waals surface area contributed by atoms with Gasteiger partial charge in [0.15, 0.2) is 22.8 Å². The van der Waals surface area contributed by atoms with Gasteiger partial charge in [-0.2, -0.15) is 0 Å². The molecule has 3 aliphatic rings. The Bertz CT molecular complexity index is 1430. The summed E-state index contributed by atoms with van der Waals surface area (Å²) in [4.78, 5) is 40.8. The first kappa shape index (κ1) is 22.2. The SMILES string of the molecule is Cc1cc(C(=O)CN2C(=O)NC3(CCOc4ccccc43)C2=O)c(C)n1Cc1ccc2c(c1)OCO2. The Morgan fingerprint density at radius 1 is 1.00 bits per heavy atom. The van der Waals surface area contributed by atoms with Gasteiger partial charge >= 0.3 is 6.03 Å². The van der Waals surface area contributed by atoms with Gasteiger partial charge in [0.25, 0.3) is 5.91 Å². The number of aromatic nitrogens is 1. The second-order valence-corrected chi connectivity index (χ2v) is 9.30. The number of nitrogens with one attached hydrogen (secondary N) is 1. The fourth-order valence-electron chi connectivity index (χ4n) is 5.29. The summed E-state index contributed by atoms with van der Waals surface area (Å²) in [5.74, 6) is 1.27. The average Bonchev–Trinajstić information content (AvgIpc) is 3.52. The number of aryl methyl sites for hydroxylation is 1. The molecule has 36 heavy (non-hydrogen) atoms. The maximum Gasteiger partial charge on any atom is 0.325 e. The van der Waals surface area contributed by atoms with Crippen molar-refractivity contribution < 1.29 is 28.6 Å². The zero-order chi connectivity index (χ0) is 25.0. The molecule has 1 aromatic heterocycles. The lowest BCUT2D eigenvalue weighted by Crippen LogP contribution is -2.47. The molecule has 1 saturated heterocycles. The Kier molecular flexibility index (Phi) is 5.03. The molecule has 0 aliphatic carbocycles. The molecular formula is C27H25N3O6. The van der Waals surface area contributed by atoms with Gasteiger partial charge in [-0.05, 0) is 43.7 Å². The number of imide groups is 1. The van der Waals surface area contributed by atoms with Crippen LogP contribution in [-0.4, -0.2) is 47.1 Å². The zero-order valence-electron chi connectivity index (χ0n) is 20.0. The highest BCUT2D eigenvalue weighted by atomic mass is 16.7. The minimum absolute atomic E-state index is 0.210. The Labute approximate surface area is 207 Å². The van der Waals surface area contributed by atoms with Gasteiger partial charge in [0, 0.05) is 35.5 Å². The number of rotatable bonds is 5. The van der Waals surface area contributed by atoms with Gasteiger partial charge in [0.1, 0.15) is 5.75 Å². The number of carbonyl (C=O) groups excluding carboxylic acids is 3. The van der Waals surface area contributed by atoms with Crippen molar-refractivity contribution in [2.75, 3.05) is 19.9 Å². The third-order valence-corrected chi connectivity index (χ3v) is 7.21. The third kappa shape index (κ3) is 3.34. The van der Waals surface area contributed by atoms with Crippen LogP contribution in [0, 0.1) is 13.8 Å². The molecule has 0 saturated carbocycles. The van der Waals surface area contributed by atoms with Gasteiger partial charge in [-0.1, -0.05) is 24.3 Å². The summed E-state index contributed by atoms with van der Waals surface area (Å²) in [7, 11) is 0. The zero-order valence-corrected chi connectivity index (χ0v) is 20.0. The number of amides is 3. The van der Waals surface area contributed by atoms with Gasteiger partial charge in [0.05, 0.1) is 13.2 Å². The molecule has 4 heterocycles. The summed E-state index contributed by atoms with van der Waals surface area (Å²) < 4.78 is 18.6. The van der Waals surface area contributed by atoms with Crippen molar-refractivity contribution in [3.8, 4) is 17.2 Å². The predicted octanol–water partition coefficient (Wildman–Crippen LogP) is 3.29. The molecule has 1 unspecified atom stereocenters. The number of Topliss-reactive ketones (excluding diaryl/α,β-unsaturated/α-hetero) is 1. The highest BCUT2D eigenvalue weighted by Crippen LogP contribution is 2.41. The van der Waals surface area contributed by atoms with E-state index in [2.05, 4.69) is 5.32 Å². The molecule has 3 aromatic rings. The number of hydrogen-bond donors (Lipinski definition) is 1. The fraction of sp³-hybridized carbons (Fsp3) is 0.296. The first-order valence-corrected chi connectivity index (χ1v) is 11.8. The Balaban J connectivity index is 1.24. The van der Waals surface area contributed by atoms with E-state index in [1.165, 1.54) is 0 Å². The van der Waals surface area contributed by atoms with Crippen LogP contribution in [0.2, 0.25) is 0 Å². The smallest absolute Gasteiger partial charge is 0.325 e. The predicted molar refractivity (Wildman–Crippen MR) is 128 cm³/mol. The number of nitrogens with zero attached hydrogens (tertiary/aromatic N) is 2. The summed E-state index contributed by atoms with van der Waals surface area (Å²) in [6.45, 7) is 4.52. The third-order valence-electron chi connectivity index (χ3n) is 7.21. The van der Waals surface area contributed by atoms with Gasteiger partial charge in [-0.3, -0.25) is 14.5 Å².